The van der Waals surface area contributed by atoms with Crippen LogP contribution < -0.4 is 5.32 Å². The molecule has 4 heteroatoms. The Kier molecular flexibility index (Phi) is 2.40. The van der Waals surface area contributed by atoms with Crippen LogP contribution in [0.4, 0.5) is 0 Å². The topological polar surface area (TPSA) is 44.7 Å². The van der Waals surface area contributed by atoms with E-state index in [4.69, 9.17) is 0 Å². The molecule has 0 amide bonds. The average molecular weight is 178 g/mol. The zero-order valence-electron chi connectivity index (χ0n) is 7.42. The maximum absolute atomic E-state index is 11.4. The Hall–Kier alpha value is -1.16. The number of hydrogen-bond acceptors (Lipinski definition) is 4. The number of carbonyl (C=O) groups is 1. The van der Waals surface area contributed by atoms with Crippen molar-refractivity contribution >= 4 is 12.0 Å². The Bertz CT molecular complexity index is 264. The summed E-state index contributed by atoms with van der Waals surface area (Å²) in [7, 11) is 0. The summed E-state index contributed by atoms with van der Waals surface area (Å²) in [6, 6.07) is 0. The van der Waals surface area contributed by atoms with Crippen molar-refractivity contribution in [1.82, 2.24) is 10.2 Å². The molecule has 2 aliphatic heterocycles. The Morgan fingerprint density at radius 2 is 2.23 bits per heavy atom. The predicted octanol–water partition coefficient (Wildman–Crippen LogP) is -0.420. The number of aliphatic imine (C=N–C) groups is 1. The monoisotopic (exact) mass is 178 g/mol. The van der Waals surface area contributed by atoms with E-state index in [1.165, 1.54) is 0 Å². The number of rotatable bonds is 1. The third-order valence-electron chi connectivity index (χ3n) is 2.24. The molecule has 13 heavy (non-hydrogen) atoms. The van der Waals surface area contributed by atoms with E-state index < -0.39 is 0 Å². The third kappa shape index (κ3) is 1.78. The minimum Gasteiger partial charge on any atom is -0.364 e. The second-order valence-corrected chi connectivity index (χ2v) is 3.14. The van der Waals surface area contributed by atoms with Crippen molar-refractivity contribution in [1.29, 1.82) is 0 Å². The van der Waals surface area contributed by atoms with Crippen molar-refractivity contribution < 1.29 is 4.79 Å². The van der Waals surface area contributed by atoms with Crippen LogP contribution in [0.3, 0.4) is 0 Å². The second kappa shape index (κ2) is 3.70. The van der Waals surface area contributed by atoms with Crippen molar-refractivity contribution in [2.75, 3.05) is 26.2 Å². The standard InChI is InChI=1S/C9H12N3O/c13-9-1-2-11-7-8(9)12-5-3-10-4-6-12/h2,10H,1,3-6H2. The van der Waals surface area contributed by atoms with E-state index in [1.807, 2.05) is 0 Å². The quantitative estimate of drug-likeness (QED) is 0.593. The molecule has 2 rings (SSSR count). The first kappa shape index (κ1) is 8.44. The van der Waals surface area contributed by atoms with Crippen LogP contribution in [0.2, 0.25) is 0 Å². The van der Waals surface area contributed by atoms with Gasteiger partial charge in [-0.2, -0.15) is 0 Å². The molecule has 2 aliphatic rings. The van der Waals surface area contributed by atoms with Crippen LogP contribution in [0.15, 0.2) is 10.7 Å². The molecule has 0 spiro atoms. The van der Waals surface area contributed by atoms with Gasteiger partial charge < -0.3 is 10.2 Å². The van der Waals surface area contributed by atoms with Crippen LogP contribution in [0.5, 0.6) is 0 Å². The molecular formula is C9H12N3O. The smallest absolute Gasteiger partial charge is 0.186 e. The molecule has 0 bridgehead atoms. The van der Waals surface area contributed by atoms with Crippen LogP contribution in [0.1, 0.15) is 6.42 Å². The van der Waals surface area contributed by atoms with Crippen LogP contribution in [0, 0.1) is 6.20 Å². The highest BCUT2D eigenvalue weighted by molar-refractivity contribution is 6.03. The van der Waals surface area contributed by atoms with Gasteiger partial charge in [0, 0.05) is 38.8 Å². The molecule has 69 valence electrons. The summed E-state index contributed by atoms with van der Waals surface area (Å²) in [4.78, 5) is 17.4. The summed E-state index contributed by atoms with van der Waals surface area (Å²) in [6.45, 7) is 3.62. The van der Waals surface area contributed by atoms with Crippen molar-refractivity contribution in [2.24, 2.45) is 4.99 Å². The molecule has 2 heterocycles. The van der Waals surface area contributed by atoms with E-state index in [1.54, 1.807) is 6.21 Å². The van der Waals surface area contributed by atoms with E-state index in [-0.39, 0.29) is 5.78 Å². The molecule has 0 aromatic heterocycles. The highest BCUT2D eigenvalue weighted by atomic mass is 16.1. The fourth-order valence-electron chi connectivity index (χ4n) is 1.53. The van der Waals surface area contributed by atoms with E-state index in [2.05, 4.69) is 21.4 Å². The zero-order chi connectivity index (χ0) is 9.10. The number of nitrogens with zero attached hydrogens (tertiary/aromatic N) is 2. The van der Waals surface area contributed by atoms with Gasteiger partial charge in [-0.05, 0) is 0 Å². The fourth-order valence-corrected chi connectivity index (χ4v) is 1.53. The molecule has 0 aromatic rings. The second-order valence-electron chi connectivity index (χ2n) is 3.14. The van der Waals surface area contributed by atoms with Crippen molar-refractivity contribution in [2.45, 2.75) is 6.42 Å². The summed E-state index contributed by atoms with van der Waals surface area (Å²) in [5, 5.41) is 3.24. The van der Waals surface area contributed by atoms with Gasteiger partial charge in [0.1, 0.15) is 11.9 Å². The van der Waals surface area contributed by atoms with E-state index in [0.717, 1.165) is 26.2 Å². The van der Waals surface area contributed by atoms with E-state index in [0.29, 0.717) is 12.1 Å². The van der Waals surface area contributed by atoms with Crippen molar-refractivity contribution in [3.8, 4) is 0 Å². The summed E-state index contributed by atoms with van der Waals surface area (Å²) >= 11 is 0. The highest BCUT2D eigenvalue weighted by Gasteiger charge is 2.20. The highest BCUT2D eigenvalue weighted by Crippen LogP contribution is 2.10. The average Bonchev–Trinajstić information content (AvgIpc) is 2.20. The maximum Gasteiger partial charge on any atom is 0.186 e. The molecule has 1 saturated heterocycles. The Labute approximate surface area is 77.3 Å². The largest absolute Gasteiger partial charge is 0.364 e. The first-order valence-corrected chi connectivity index (χ1v) is 4.51. The lowest BCUT2D eigenvalue weighted by Crippen LogP contribution is -2.44. The molecule has 1 N–H and O–H groups in total. The summed E-state index contributed by atoms with van der Waals surface area (Å²) in [5.74, 6) is 0.136. The molecule has 0 saturated carbocycles. The Morgan fingerprint density at radius 1 is 1.46 bits per heavy atom. The first-order chi connectivity index (χ1) is 6.38. The lowest BCUT2D eigenvalue weighted by molar-refractivity contribution is -0.116. The zero-order valence-corrected chi connectivity index (χ0v) is 7.42. The van der Waals surface area contributed by atoms with Gasteiger partial charge in [-0.3, -0.25) is 9.79 Å². The predicted molar refractivity (Wildman–Crippen MR) is 49.3 cm³/mol. The van der Waals surface area contributed by atoms with Crippen LogP contribution >= 0.6 is 0 Å². The minimum absolute atomic E-state index is 0.136. The molecule has 0 aromatic carbocycles. The first-order valence-electron chi connectivity index (χ1n) is 4.51. The lowest BCUT2D eigenvalue weighted by atomic mass is 10.1. The number of Topliss-reactive ketones (excluding diaryl/α,β-unsaturated/α-hetero) is 1. The van der Waals surface area contributed by atoms with E-state index in [9.17, 15) is 4.79 Å². The molecule has 4 nitrogen and oxygen atoms in total. The van der Waals surface area contributed by atoms with Crippen LogP contribution in [-0.4, -0.2) is 43.1 Å². The maximum atomic E-state index is 11.4. The van der Waals surface area contributed by atoms with Gasteiger partial charge in [-0.15, -0.1) is 0 Å². The number of hydrogen-bond donors (Lipinski definition) is 1. The molecule has 0 atom stereocenters. The van der Waals surface area contributed by atoms with Gasteiger partial charge in [-0.25, -0.2) is 0 Å². The molecule has 1 fully saturated rings. The molecule has 0 aliphatic carbocycles. The Balaban J connectivity index is 2.09. The normalized spacial score (nSPS) is 23.2. The van der Waals surface area contributed by atoms with Crippen LogP contribution in [0.25, 0.3) is 0 Å². The summed E-state index contributed by atoms with van der Waals surface area (Å²) in [5.41, 5.74) is 0.656. The number of allylic oxidation sites excluding steroid dienone is 1. The van der Waals surface area contributed by atoms with Crippen molar-refractivity contribution in [3.63, 3.8) is 0 Å². The summed E-state index contributed by atoms with van der Waals surface area (Å²) in [6.07, 6.45) is 4.80. The van der Waals surface area contributed by atoms with E-state index >= 15 is 0 Å². The molecule has 0 unspecified atom stereocenters. The number of piperazine rings is 1. The third-order valence-corrected chi connectivity index (χ3v) is 2.24. The molecular weight excluding hydrogens is 166 g/mol. The van der Waals surface area contributed by atoms with Gasteiger partial charge in [0.15, 0.2) is 5.78 Å². The number of carbonyl (C=O) groups excluding carboxylic acids is 1. The van der Waals surface area contributed by atoms with Crippen LogP contribution in [-0.2, 0) is 4.79 Å². The summed E-state index contributed by atoms with van der Waals surface area (Å²) < 4.78 is 0. The van der Waals surface area contributed by atoms with Gasteiger partial charge >= 0.3 is 0 Å². The fraction of sp³-hybridized carbons (Fsp3) is 0.556. The lowest BCUT2D eigenvalue weighted by Gasteiger charge is -2.30. The van der Waals surface area contributed by atoms with Gasteiger partial charge in [0.2, 0.25) is 0 Å². The molecule has 1 radical (unpaired) electrons. The number of nitrogens with one attached hydrogen (secondary N) is 1. The van der Waals surface area contributed by atoms with Crippen molar-refractivity contribution in [3.05, 3.63) is 11.9 Å². The number of ketones is 1. The van der Waals surface area contributed by atoms with Gasteiger partial charge in [0.25, 0.3) is 0 Å². The minimum atomic E-state index is 0.136. The SMILES string of the molecule is O=C1CC=N[C]=C1N1CCNCC1. The van der Waals surface area contributed by atoms with Gasteiger partial charge in [-0.1, -0.05) is 0 Å². The Morgan fingerprint density at radius 3 is 2.92 bits per heavy atom. The van der Waals surface area contributed by atoms with Gasteiger partial charge in [0.05, 0.1) is 0 Å².